The van der Waals surface area contributed by atoms with Gasteiger partial charge in [-0.2, -0.15) is 0 Å². The van der Waals surface area contributed by atoms with Crippen LogP contribution >= 0.6 is 0 Å². The molecule has 0 aliphatic carbocycles. The first kappa shape index (κ1) is 17.2. The quantitative estimate of drug-likeness (QED) is 0.778. The van der Waals surface area contributed by atoms with Gasteiger partial charge in [0.1, 0.15) is 11.3 Å². The SMILES string of the molecule is Cc1ccn2cc(C(=O)NC(C)c3ccc(S(C)(=O)=O)cc3)nc2c1. The molecule has 7 heteroatoms. The van der Waals surface area contributed by atoms with Crippen LogP contribution in [0.15, 0.2) is 53.7 Å². The molecule has 1 atom stereocenters. The topological polar surface area (TPSA) is 80.5 Å². The molecule has 1 N–H and O–H groups in total. The number of hydrogen-bond donors (Lipinski definition) is 1. The summed E-state index contributed by atoms with van der Waals surface area (Å²) in [5, 5.41) is 2.88. The molecule has 3 rings (SSSR count). The van der Waals surface area contributed by atoms with Gasteiger partial charge in [-0.3, -0.25) is 4.79 Å². The summed E-state index contributed by atoms with van der Waals surface area (Å²) in [4.78, 5) is 17.0. The van der Waals surface area contributed by atoms with Crippen molar-refractivity contribution in [2.75, 3.05) is 6.26 Å². The molecule has 0 saturated heterocycles. The Bertz CT molecular complexity index is 1040. The number of aromatic nitrogens is 2. The molecule has 0 saturated carbocycles. The number of pyridine rings is 1. The second kappa shape index (κ2) is 6.33. The number of carbonyl (C=O) groups is 1. The van der Waals surface area contributed by atoms with Crippen LogP contribution in [0.25, 0.3) is 5.65 Å². The molecule has 0 fully saturated rings. The van der Waals surface area contributed by atoms with Gasteiger partial charge in [-0.15, -0.1) is 0 Å². The highest BCUT2D eigenvalue weighted by Crippen LogP contribution is 2.17. The van der Waals surface area contributed by atoms with Crippen LogP contribution in [0.5, 0.6) is 0 Å². The zero-order chi connectivity index (χ0) is 18.2. The summed E-state index contributed by atoms with van der Waals surface area (Å²) < 4.78 is 24.8. The van der Waals surface area contributed by atoms with E-state index in [1.165, 1.54) is 6.26 Å². The summed E-state index contributed by atoms with van der Waals surface area (Å²) >= 11 is 0. The molecule has 2 heterocycles. The smallest absolute Gasteiger partial charge is 0.271 e. The molecule has 1 unspecified atom stereocenters. The van der Waals surface area contributed by atoms with Crippen molar-refractivity contribution in [3.8, 4) is 0 Å². The molecular formula is C18H19N3O3S. The van der Waals surface area contributed by atoms with E-state index in [1.54, 1.807) is 34.9 Å². The zero-order valence-corrected chi connectivity index (χ0v) is 15.0. The highest BCUT2D eigenvalue weighted by Gasteiger charge is 2.15. The number of amides is 1. The van der Waals surface area contributed by atoms with Crippen LogP contribution in [-0.4, -0.2) is 30.0 Å². The van der Waals surface area contributed by atoms with Crippen molar-refractivity contribution < 1.29 is 13.2 Å². The third-order valence-corrected chi connectivity index (χ3v) is 5.13. The Hall–Kier alpha value is -2.67. The van der Waals surface area contributed by atoms with Crippen molar-refractivity contribution in [3.05, 3.63) is 65.6 Å². The number of carbonyl (C=O) groups excluding carboxylic acids is 1. The molecule has 0 bridgehead atoms. The lowest BCUT2D eigenvalue weighted by molar-refractivity contribution is 0.0935. The van der Waals surface area contributed by atoms with Crippen LogP contribution in [0.4, 0.5) is 0 Å². The van der Waals surface area contributed by atoms with Crippen molar-refractivity contribution in [2.24, 2.45) is 0 Å². The number of fused-ring (bicyclic) bond motifs is 1. The molecule has 1 aromatic carbocycles. The van der Waals surface area contributed by atoms with E-state index in [1.807, 2.05) is 32.2 Å². The number of nitrogens with zero attached hydrogens (tertiary/aromatic N) is 2. The number of benzene rings is 1. The van der Waals surface area contributed by atoms with Crippen molar-refractivity contribution >= 4 is 21.4 Å². The summed E-state index contributed by atoms with van der Waals surface area (Å²) in [6.07, 6.45) is 4.71. The minimum Gasteiger partial charge on any atom is -0.344 e. The maximum atomic E-state index is 12.4. The molecule has 1 amide bonds. The average molecular weight is 357 g/mol. The van der Waals surface area contributed by atoms with Gasteiger partial charge in [0.05, 0.1) is 10.9 Å². The molecule has 2 aromatic heterocycles. The van der Waals surface area contributed by atoms with Gasteiger partial charge < -0.3 is 9.72 Å². The minimum absolute atomic E-state index is 0.255. The summed E-state index contributed by atoms with van der Waals surface area (Å²) in [6, 6.07) is 10.1. The molecule has 0 spiro atoms. The highest BCUT2D eigenvalue weighted by molar-refractivity contribution is 7.90. The van der Waals surface area contributed by atoms with Gasteiger partial charge in [0, 0.05) is 18.6 Å². The Balaban J connectivity index is 1.77. The average Bonchev–Trinajstić information content (AvgIpc) is 2.97. The van der Waals surface area contributed by atoms with E-state index in [4.69, 9.17) is 0 Å². The van der Waals surface area contributed by atoms with Gasteiger partial charge in [-0.25, -0.2) is 13.4 Å². The van der Waals surface area contributed by atoms with Crippen molar-refractivity contribution in [1.82, 2.24) is 14.7 Å². The Morgan fingerprint density at radius 1 is 1.20 bits per heavy atom. The summed E-state index contributed by atoms with van der Waals surface area (Å²) in [5.41, 5.74) is 2.95. The monoisotopic (exact) mass is 357 g/mol. The number of hydrogen-bond acceptors (Lipinski definition) is 4. The van der Waals surface area contributed by atoms with E-state index >= 15 is 0 Å². The fourth-order valence-corrected chi connectivity index (χ4v) is 3.18. The van der Waals surface area contributed by atoms with E-state index in [0.29, 0.717) is 5.69 Å². The maximum absolute atomic E-state index is 12.4. The maximum Gasteiger partial charge on any atom is 0.271 e. The second-order valence-corrected chi connectivity index (χ2v) is 8.15. The van der Waals surface area contributed by atoms with Gasteiger partial charge in [-0.1, -0.05) is 12.1 Å². The highest BCUT2D eigenvalue weighted by atomic mass is 32.2. The van der Waals surface area contributed by atoms with Crippen molar-refractivity contribution in [1.29, 1.82) is 0 Å². The molecule has 0 aliphatic heterocycles. The van der Waals surface area contributed by atoms with Gasteiger partial charge in [0.2, 0.25) is 0 Å². The standard InChI is InChI=1S/C18H19N3O3S/c1-12-8-9-21-11-16(20-17(21)10-12)18(22)19-13(2)14-4-6-15(7-5-14)25(3,23)24/h4-11,13H,1-3H3,(H,19,22). The molecule has 6 nitrogen and oxygen atoms in total. The van der Waals surface area contributed by atoms with E-state index in [9.17, 15) is 13.2 Å². The number of nitrogens with one attached hydrogen (secondary N) is 1. The molecule has 25 heavy (non-hydrogen) atoms. The number of imidazole rings is 1. The van der Waals surface area contributed by atoms with Crippen LogP contribution in [0.1, 0.15) is 34.6 Å². The minimum atomic E-state index is -3.23. The van der Waals surface area contributed by atoms with E-state index < -0.39 is 9.84 Å². The molecular weight excluding hydrogens is 338 g/mol. The van der Waals surface area contributed by atoms with E-state index in [-0.39, 0.29) is 16.8 Å². The molecule has 130 valence electrons. The van der Waals surface area contributed by atoms with Gasteiger partial charge in [-0.05, 0) is 49.2 Å². The number of sulfone groups is 1. The predicted octanol–water partition coefficient (Wildman–Crippen LogP) is 2.54. The normalized spacial score (nSPS) is 12.9. The van der Waals surface area contributed by atoms with E-state index in [0.717, 1.165) is 16.8 Å². The van der Waals surface area contributed by atoms with Gasteiger partial charge >= 0.3 is 0 Å². The Morgan fingerprint density at radius 3 is 2.52 bits per heavy atom. The van der Waals surface area contributed by atoms with Crippen LogP contribution in [0.2, 0.25) is 0 Å². The lowest BCUT2D eigenvalue weighted by atomic mass is 10.1. The fraction of sp³-hybridized carbons (Fsp3) is 0.222. The zero-order valence-electron chi connectivity index (χ0n) is 14.2. The predicted molar refractivity (Wildman–Crippen MR) is 95.4 cm³/mol. The van der Waals surface area contributed by atoms with Crippen LogP contribution < -0.4 is 5.32 Å². The molecule has 0 aliphatic rings. The fourth-order valence-electron chi connectivity index (χ4n) is 2.55. The molecule has 0 radical (unpaired) electrons. The largest absolute Gasteiger partial charge is 0.344 e. The van der Waals surface area contributed by atoms with Crippen LogP contribution in [-0.2, 0) is 9.84 Å². The molecule has 3 aromatic rings. The Labute approximate surface area is 146 Å². The Kier molecular flexibility index (Phi) is 4.34. The van der Waals surface area contributed by atoms with Crippen molar-refractivity contribution in [2.45, 2.75) is 24.8 Å². The number of rotatable bonds is 4. The van der Waals surface area contributed by atoms with Crippen LogP contribution in [0, 0.1) is 6.92 Å². The lowest BCUT2D eigenvalue weighted by Crippen LogP contribution is -2.26. The van der Waals surface area contributed by atoms with Crippen molar-refractivity contribution in [3.63, 3.8) is 0 Å². The first-order valence-corrected chi connectivity index (χ1v) is 9.69. The summed E-state index contributed by atoms with van der Waals surface area (Å²) in [6.45, 7) is 3.81. The summed E-state index contributed by atoms with van der Waals surface area (Å²) in [5.74, 6) is -0.277. The first-order chi connectivity index (χ1) is 11.7. The third-order valence-electron chi connectivity index (χ3n) is 4.00. The third kappa shape index (κ3) is 3.71. The lowest BCUT2D eigenvalue weighted by Gasteiger charge is -2.13. The first-order valence-electron chi connectivity index (χ1n) is 7.80. The Morgan fingerprint density at radius 2 is 1.88 bits per heavy atom. The second-order valence-electron chi connectivity index (χ2n) is 6.13. The summed E-state index contributed by atoms with van der Waals surface area (Å²) in [7, 11) is -3.23. The van der Waals surface area contributed by atoms with Gasteiger partial charge in [0.25, 0.3) is 5.91 Å². The van der Waals surface area contributed by atoms with E-state index in [2.05, 4.69) is 10.3 Å². The number of aryl methyl sites for hydroxylation is 1. The van der Waals surface area contributed by atoms with Crippen LogP contribution in [0.3, 0.4) is 0 Å². The van der Waals surface area contributed by atoms with Gasteiger partial charge in [0.15, 0.2) is 9.84 Å².